The van der Waals surface area contributed by atoms with Crippen molar-refractivity contribution in [1.82, 2.24) is 10.3 Å². The quantitative estimate of drug-likeness (QED) is 0.401. The first-order valence-electron chi connectivity index (χ1n) is 9.86. The average molecular weight is 454 g/mol. The third kappa shape index (κ3) is 5.07. The van der Waals surface area contributed by atoms with Gasteiger partial charge in [-0.2, -0.15) is 0 Å². The Morgan fingerprint density at radius 3 is 2.50 bits per heavy atom. The predicted molar refractivity (Wildman–Crippen MR) is 123 cm³/mol. The fourth-order valence-corrected chi connectivity index (χ4v) is 3.39. The van der Waals surface area contributed by atoms with Crippen molar-refractivity contribution in [2.45, 2.75) is 19.1 Å². The summed E-state index contributed by atoms with van der Waals surface area (Å²) in [6, 6.07) is 18.1. The van der Waals surface area contributed by atoms with Crippen molar-refractivity contribution in [1.29, 1.82) is 0 Å². The number of benzene rings is 2. The summed E-state index contributed by atoms with van der Waals surface area (Å²) < 4.78 is 5.83. The number of rotatable bonds is 8. The first-order chi connectivity index (χ1) is 15.4. The van der Waals surface area contributed by atoms with Gasteiger partial charge in [0.05, 0.1) is 0 Å². The van der Waals surface area contributed by atoms with Gasteiger partial charge in [-0.25, -0.2) is 4.98 Å². The number of amides is 1. The maximum Gasteiger partial charge on any atom is 0.273 e. The van der Waals surface area contributed by atoms with Gasteiger partial charge in [0.25, 0.3) is 5.91 Å². The maximum atomic E-state index is 12.2. The van der Waals surface area contributed by atoms with Crippen LogP contribution in [-0.4, -0.2) is 35.9 Å². The molecule has 2 N–H and O–H groups in total. The van der Waals surface area contributed by atoms with Gasteiger partial charge in [-0.15, -0.1) is 0 Å². The van der Waals surface area contributed by atoms with Crippen molar-refractivity contribution in [2.75, 3.05) is 14.2 Å². The third-order valence-corrected chi connectivity index (χ3v) is 5.24. The zero-order valence-electron chi connectivity index (χ0n) is 18.0. The number of likely N-dealkylation sites (N-methyl/N-ethyl adjacent to an activating group) is 1. The van der Waals surface area contributed by atoms with Crippen LogP contribution in [0.1, 0.15) is 29.2 Å². The van der Waals surface area contributed by atoms with Crippen LogP contribution in [0.5, 0.6) is 5.88 Å². The number of carbonyl (C=O) groups excluding carboxylic acids is 1. The van der Waals surface area contributed by atoms with Crippen LogP contribution in [0.4, 0.5) is 0 Å². The highest BCUT2D eigenvalue weighted by Gasteiger charge is 2.27. The van der Waals surface area contributed by atoms with E-state index >= 15 is 0 Å². The Morgan fingerprint density at radius 1 is 1.16 bits per heavy atom. The van der Waals surface area contributed by atoms with Gasteiger partial charge in [0.2, 0.25) is 5.88 Å². The van der Waals surface area contributed by atoms with Crippen molar-refractivity contribution in [3.05, 3.63) is 94.1 Å². The van der Waals surface area contributed by atoms with E-state index in [0.29, 0.717) is 16.7 Å². The van der Waals surface area contributed by atoms with Gasteiger partial charge in [-0.05, 0) is 24.1 Å². The highest BCUT2D eigenvalue weighted by molar-refractivity contribution is 6.45. The lowest BCUT2D eigenvalue weighted by Gasteiger charge is -2.24. The molecule has 1 heterocycles. The molecule has 0 radical (unpaired) electrons. The Bertz CT molecular complexity index is 1120. The number of carbonyl (C=O) groups is 1. The van der Waals surface area contributed by atoms with E-state index in [1.54, 1.807) is 25.1 Å². The van der Waals surface area contributed by atoms with Crippen LogP contribution in [-0.2, 0) is 21.8 Å². The first-order valence-corrected chi connectivity index (χ1v) is 10.2. The summed E-state index contributed by atoms with van der Waals surface area (Å²) in [5.41, 5.74) is 1.39. The topological polar surface area (TPSA) is 93.0 Å². The molecular weight excluding hydrogens is 430 g/mol. The number of oxime groups is 1. The number of halogens is 1. The van der Waals surface area contributed by atoms with Crippen LogP contribution in [0.3, 0.4) is 0 Å². The number of hydrogen-bond acceptors (Lipinski definition) is 6. The van der Waals surface area contributed by atoms with Crippen LogP contribution in [0, 0.1) is 0 Å². The molecule has 0 spiro atoms. The van der Waals surface area contributed by atoms with E-state index in [2.05, 4.69) is 15.5 Å². The molecular formula is C24H24ClN3O4. The van der Waals surface area contributed by atoms with Crippen molar-refractivity contribution in [3.8, 4) is 5.88 Å². The van der Waals surface area contributed by atoms with Gasteiger partial charge < -0.3 is 20.0 Å². The second-order valence-corrected chi connectivity index (χ2v) is 7.50. The SMILES string of the molecule is CNC(=O)C(=NOC)c1ccccc1COc1ncc(C(C)(O)c2ccccc2)cc1Cl. The zero-order valence-corrected chi connectivity index (χ0v) is 18.8. The Labute approximate surface area is 191 Å². The van der Waals surface area contributed by atoms with Gasteiger partial charge >= 0.3 is 0 Å². The fraction of sp³-hybridized carbons (Fsp3) is 0.208. The smallest absolute Gasteiger partial charge is 0.273 e. The molecule has 166 valence electrons. The molecule has 0 bridgehead atoms. The second kappa shape index (κ2) is 10.3. The normalized spacial score (nSPS) is 13.2. The van der Waals surface area contributed by atoms with E-state index in [4.69, 9.17) is 21.2 Å². The Morgan fingerprint density at radius 2 is 1.84 bits per heavy atom. The Kier molecular flexibility index (Phi) is 7.45. The van der Waals surface area contributed by atoms with Gasteiger partial charge in [-0.3, -0.25) is 4.79 Å². The molecule has 0 aliphatic heterocycles. The van der Waals surface area contributed by atoms with E-state index < -0.39 is 5.60 Å². The molecule has 0 aliphatic rings. The van der Waals surface area contributed by atoms with E-state index in [1.165, 1.54) is 20.4 Å². The van der Waals surface area contributed by atoms with E-state index in [0.717, 1.165) is 5.56 Å². The number of nitrogens with zero attached hydrogens (tertiary/aromatic N) is 2. The number of pyridine rings is 1. The Balaban J connectivity index is 1.83. The van der Waals surface area contributed by atoms with E-state index in [9.17, 15) is 9.90 Å². The first kappa shape index (κ1) is 23.2. The third-order valence-electron chi connectivity index (χ3n) is 4.97. The molecule has 0 fully saturated rings. The molecule has 0 saturated carbocycles. The van der Waals surface area contributed by atoms with Gasteiger partial charge in [0.1, 0.15) is 24.3 Å². The molecule has 3 rings (SSSR count). The Hall–Kier alpha value is -3.42. The van der Waals surface area contributed by atoms with Crippen molar-refractivity contribution < 1.29 is 19.5 Å². The van der Waals surface area contributed by atoms with Gasteiger partial charge in [-0.1, -0.05) is 71.4 Å². The highest BCUT2D eigenvalue weighted by atomic mass is 35.5. The standard InChI is InChI=1S/C24H24ClN3O4/c1-24(30,17-10-5-4-6-11-17)18-13-20(25)23(27-14-18)32-15-16-9-7-8-12-19(16)21(28-31-3)22(29)26-2/h4-14,30H,15H2,1-3H3,(H,26,29). The molecule has 3 aromatic rings. The minimum absolute atomic E-state index is 0.0943. The molecule has 7 nitrogen and oxygen atoms in total. The van der Waals surface area contributed by atoms with Crippen LogP contribution in [0.2, 0.25) is 5.02 Å². The number of aromatic nitrogens is 1. The summed E-state index contributed by atoms with van der Waals surface area (Å²) in [4.78, 5) is 21.3. The van der Waals surface area contributed by atoms with Crippen molar-refractivity contribution in [3.63, 3.8) is 0 Å². The largest absolute Gasteiger partial charge is 0.472 e. The monoisotopic (exact) mass is 453 g/mol. The summed E-state index contributed by atoms with van der Waals surface area (Å²) in [5.74, 6) is -0.179. The molecule has 8 heteroatoms. The zero-order chi connectivity index (χ0) is 23.1. The lowest BCUT2D eigenvalue weighted by atomic mass is 9.89. The number of aliphatic hydroxyl groups is 1. The van der Waals surface area contributed by atoms with Crippen LogP contribution in [0.25, 0.3) is 0 Å². The van der Waals surface area contributed by atoms with Crippen LogP contribution >= 0.6 is 11.6 Å². The minimum atomic E-state index is -1.26. The van der Waals surface area contributed by atoms with Gasteiger partial charge in [0, 0.05) is 24.4 Å². The summed E-state index contributed by atoms with van der Waals surface area (Å²) in [5, 5.41) is 17.6. The fourth-order valence-electron chi connectivity index (χ4n) is 3.17. The molecule has 32 heavy (non-hydrogen) atoms. The second-order valence-electron chi connectivity index (χ2n) is 7.10. The van der Waals surface area contributed by atoms with E-state index in [1.807, 2.05) is 42.5 Å². The molecule has 2 aromatic carbocycles. The summed E-state index contributed by atoms with van der Waals surface area (Å²) in [6.07, 6.45) is 1.53. The lowest BCUT2D eigenvalue weighted by molar-refractivity contribution is -0.114. The molecule has 1 unspecified atom stereocenters. The molecule has 1 amide bonds. The van der Waals surface area contributed by atoms with Crippen molar-refractivity contribution >= 4 is 23.2 Å². The summed E-state index contributed by atoms with van der Waals surface area (Å²) in [6.45, 7) is 1.78. The van der Waals surface area contributed by atoms with Crippen LogP contribution in [0.15, 0.2) is 72.0 Å². The van der Waals surface area contributed by atoms with Gasteiger partial charge in [0.15, 0.2) is 5.71 Å². The van der Waals surface area contributed by atoms with Crippen molar-refractivity contribution in [2.24, 2.45) is 5.16 Å². The highest BCUT2D eigenvalue weighted by Crippen LogP contribution is 2.33. The van der Waals surface area contributed by atoms with E-state index in [-0.39, 0.29) is 29.1 Å². The molecule has 0 aliphatic carbocycles. The maximum absolute atomic E-state index is 12.2. The van der Waals surface area contributed by atoms with Crippen LogP contribution < -0.4 is 10.1 Å². The summed E-state index contributed by atoms with van der Waals surface area (Å²) in [7, 11) is 2.89. The molecule has 1 atom stereocenters. The average Bonchev–Trinajstić information content (AvgIpc) is 2.82. The summed E-state index contributed by atoms with van der Waals surface area (Å²) >= 11 is 6.41. The predicted octanol–water partition coefficient (Wildman–Crippen LogP) is 3.67. The minimum Gasteiger partial charge on any atom is -0.472 e. The number of ether oxygens (including phenoxy) is 1. The lowest BCUT2D eigenvalue weighted by Crippen LogP contribution is -2.29. The number of hydrogen-bond donors (Lipinski definition) is 2. The molecule has 0 saturated heterocycles. The molecule has 1 aromatic heterocycles. The number of nitrogens with one attached hydrogen (secondary N) is 1.